The molecular weight excluding hydrogens is 232 g/mol. The van der Waals surface area contributed by atoms with E-state index in [1.165, 1.54) is 7.11 Å². The van der Waals surface area contributed by atoms with E-state index in [0.717, 1.165) is 17.5 Å². The van der Waals surface area contributed by atoms with E-state index >= 15 is 0 Å². The van der Waals surface area contributed by atoms with Gasteiger partial charge in [-0.15, -0.1) is 0 Å². The van der Waals surface area contributed by atoms with Crippen molar-refractivity contribution in [1.82, 2.24) is 9.55 Å². The number of hydrogen-bond acceptors (Lipinski definition) is 5. The number of carbonyl (C=O) groups is 2. The largest absolute Gasteiger partial charge is 0.481 e. The summed E-state index contributed by atoms with van der Waals surface area (Å²) in [7, 11) is 1.30. The predicted octanol–water partition coefficient (Wildman–Crippen LogP) is 0.541. The fraction of sp³-hybridized carbons (Fsp3) is 0.444. The van der Waals surface area contributed by atoms with Gasteiger partial charge in [-0.3, -0.25) is 9.59 Å². The van der Waals surface area contributed by atoms with E-state index in [1.54, 1.807) is 17.7 Å². The lowest BCUT2D eigenvalue weighted by Gasteiger charge is -2.07. The molecule has 1 N–H and O–H groups in total. The van der Waals surface area contributed by atoms with Crippen LogP contribution in [0.5, 0.6) is 0 Å². The molecule has 88 valence electrons. The zero-order valence-corrected chi connectivity index (χ0v) is 9.78. The molecule has 0 amide bonds. The number of esters is 1. The highest BCUT2D eigenvalue weighted by Crippen LogP contribution is 2.17. The molecule has 1 rings (SSSR count). The second-order valence-corrected chi connectivity index (χ2v) is 3.97. The molecule has 0 bridgehead atoms. The molecule has 0 saturated heterocycles. The van der Waals surface area contributed by atoms with Gasteiger partial charge in [0.1, 0.15) is 6.54 Å². The number of carbonyl (C=O) groups excluding carboxylic acids is 1. The van der Waals surface area contributed by atoms with Crippen LogP contribution in [0, 0.1) is 6.92 Å². The second-order valence-electron chi connectivity index (χ2n) is 3.03. The zero-order chi connectivity index (χ0) is 12.1. The van der Waals surface area contributed by atoms with E-state index in [9.17, 15) is 9.59 Å². The number of methoxy groups -OCH3 is 1. The van der Waals surface area contributed by atoms with Crippen molar-refractivity contribution < 1.29 is 19.4 Å². The fourth-order valence-corrected chi connectivity index (χ4v) is 1.81. The summed E-state index contributed by atoms with van der Waals surface area (Å²) in [6.07, 6.45) is 1.59. The smallest absolute Gasteiger partial charge is 0.325 e. The summed E-state index contributed by atoms with van der Waals surface area (Å²) in [6.45, 7) is 1.84. The number of carboxylic acid groups (broad SMARTS) is 1. The maximum atomic E-state index is 11.1. The minimum atomic E-state index is -0.921. The molecule has 1 heterocycles. The van der Waals surface area contributed by atoms with Gasteiger partial charge in [-0.2, -0.15) is 0 Å². The molecule has 0 aromatic carbocycles. The number of ether oxygens (including phenoxy) is 1. The Morgan fingerprint density at radius 3 is 2.88 bits per heavy atom. The molecule has 6 nitrogen and oxygen atoms in total. The molecule has 0 aliphatic carbocycles. The van der Waals surface area contributed by atoms with Gasteiger partial charge >= 0.3 is 11.9 Å². The van der Waals surface area contributed by atoms with Crippen LogP contribution in [0.3, 0.4) is 0 Å². The van der Waals surface area contributed by atoms with Crippen molar-refractivity contribution in [2.45, 2.75) is 18.6 Å². The van der Waals surface area contributed by atoms with Crippen molar-refractivity contribution >= 4 is 23.7 Å². The monoisotopic (exact) mass is 244 g/mol. The van der Waals surface area contributed by atoms with Gasteiger partial charge < -0.3 is 14.4 Å². The van der Waals surface area contributed by atoms with Gasteiger partial charge in [0, 0.05) is 11.9 Å². The van der Waals surface area contributed by atoms with Crippen LogP contribution in [-0.4, -0.2) is 39.5 Å². The van der Waals surface area contributed by atoms with Crippen molar-refractivity contribution in [3.05, 3.63) is 11.9 Å². The highest BCUT2D eigenvalue weighted by molar-refractivity contribution is 7.99. The predicted molar refractivity (Wildman–Crippen MR) is 57.3 cm³/mol. The summed E-state index contributed by atoms with van der Waals surface area (Å²) in [5.41, 5.74) is 0.790. The highest BCUT2D eigenvalue weighted by atomic mass is 32.2. The van der Waals surface area contributed by atoms with E-state index in [4.69, 9.17) is 5.11 Å². The number of aromatic nitrogens is 2. The Morgan fingerprint density at radius 2 is 2.31 bits per heavy atom. The minimum Gasteiger partial charge on any atom is -0.481 e. The number of aryl methyl sites for hydroxylation is 1. The third-order valence-electron chi connectivity index (χ3n) is 1.86. The number of carboxylic acids is 1. The van der Waals surface area contributed by atoms with Crippen LogP contribution < -0.4 is 0 Å². The summed E-state index contributed by atoms with van der Waals surface area (Å²) < 4.78 is 6.17. The molecular formula is C9H12N2O4S. The van der Waals surface area contributed by atoms with Gasteiger partial charge in [0.2, 0.25) is 0 Å². The average molecular weight is 244 g/mol. The Morgan fingerprint density at radius 1 is 1.62 bits per heavy atom. The van der Waals surface area contributed by atoms with Crippen LogP contribution in [0.15, 0.2) is 11.4 Å². The van der Waals surface area contributed by atoms with Crippen molar-refractivity contribution in [3.8, 4) is 0 Å². The third kappa shape index (κ3) is 3.27. The second kappa shape index (κ2) is 5.55. The zero-order valence-electron chi connectivity index (χ0n) is 8.97. The number of rotatable bonds is 5. The molecule has 0 unspecified atom stereocenters. The van der Waals surface area contributed by atoms with Crippen molar-refractivity contribution in [2.24, 2.45) is 0 Å². The third-order valence-corrected chi connectivity index (χ3v) is 2.83. The highest BCUT2D eigenvalue weighted by Gasteiger charge is 2.12. The van der Waals surface area contributed by atoms with Gasteiger partial charge in [-0.1, -0.05) is 11.8 Å². The molecule has 0 saturated carbocycles. The topological polar surface area (TPSA) is 81.4 Å². The summed E-state index contributed by atoms with van der Waals surface area (Å²) in [6, 6.07) is 0. The van der Waals surface area contributed by atoms with Gasteiger partial charge in [0.15, 0.2) is 5.16 Å². The summed E-state index contributed by atoms with van der Waals surface area (Å²) in [5.74, 6) is -1.40. The lowest BCUT2D eigenvalue weighted by molar-refractivity contribution is -0.141. The molecule has 7 heteroatoms. The summed E-state index contributed by atoms with van der Waals surface area (Å²) >= 11 is 1.07. The first kappa shape index (κ1) is 12.6. The quantitative estimate of drug-likeness (QED) is 0.601. The Labute approximate surface area is 96.6 Å². The summed E-state index contributed by atoms with van der Waals surface area (Å²) in [4.78, 5) is 25.6. The maximum absolute atomic E-state index is 11.1. The van der Waals surface area contributed by atoms with E-state index in [-0.39, 0.29) is 12.3 Å². The Balaban J connectivity index is 2.77. The molecule has 16 heavy (non-hydrogen) atoms. The molecule has 0 radical (unpaired) electrons. The average Bonchev–Trinajstić information content (AvgIpc) is 2.57. The lowest BCUT2D eigenvalue weighted by Crippen LogP contribution is -2.14. The Hall–Kier alpha value is -1.50. The standard InChI is InChI=1S/C9H12N2O4S/c1-6-3-10-9(16-5-7(12)13)11(6)4-8(14)15-2/h3H,4-5H2,1-2H3,(H,12,13). The minimum absolute atomic E-state index is 0.0459. The van der Waals surface area contributed by atoms with Crippen LogP contribution in [0.25, 0.3) is 0 Å². The number of nitrogens with zero attached hydrogens (tertiary/aromatic N) is 2. The van der Waals surface area contributed by atoms with Gasteiger partial charge in [0.25, 0.3) is 0 Å². The van der Waals surface area contributed by atoms with Gasteiger partial charge in [0.05, 0.1) is 12.9 Å². The molecule has 0 spiro atoms. The molecule has 0 aliphatic rings. The van der Waals surface area contributed by atoms with E-state index in [2.05, 4.69) is 9.72 Å². The van der Waals surface area contributed by atoms with Crippen LogP contribution in [-0.2, 0) is 20.9 Å². The number of aliphatic carboxylic acids is 1. The molecule has 0 aliphatic heterocycles. The SMILES string of the molecule is COC(=O)Cn1c(C)cnc1SCC(=O)O. The van der Waals surface area contributed by atoms with Crippen molar-refractivity contribution in [1.29, 1.82) is 0 Å². The van der Waals surface area contributed by atoms with Crippen LogP contribution in [0.4, 0.5) is 0 Å². The molecule has 1 aromatic heterocycles. The number of hydrogen-bond donors (Lipinski definition) is 1. The molecule has 0 fully saturated rings. The van der Waals surface area contributed by atoms with Crippen molar-refractivity contribution in [3.63, 3.8) is 0 Å². The van der Waals surface area contributed by atoms with E-state index < -0.39 is 11.9 Å². The number of imidazole rings is 1. The lowest BCUT2D eigenvalue weighted by atomic mass is 10.5. The van der Waals surface area contributed by atoms with Crippen LogP contribution >= 0.6 is 11.8 Å². The van der Waals surface area contributed by atoms with E-state index in [0.29, 0.717) is 5.16 Å². The van der Waals surface area contributed by atoms with E-state index in [1.807, 2.05) is 0 Å². The Kier molecular flexibility index (Phi) is 4.36. The maximum Gasteiger partial charge on any atom is 0.325 e. The van der Waals surface area contributed by atoms with Crippen molar-refractivity contribution in [2.75, 3.05) is 12.9 Å². The molecule has 1 aromatic rings. The number of thioether (sulfide) groups is 1. The fourth-order valence-electron chi connectivity index (χ4n) is 1.07. The molecule has 0 atom stereocenters. The van der Waals surface area contributed by atoms with Crippen LogP contribution in [0.1, 0.15) is 5.69 Å². The van der Waals surface area contributed by atoms with Gasteiger partial charge in [-0.05, 0) is 6.92 Å². The van der Waals surface area contributed by atoms with Gasteiger partial charge in [-0.25, -0.2) is 4.98 Å². The normalized spacial score (nSPS) is 10.1. The first-order chi connectivity index (χ1) is 7.54. The van der Waals surface area contributed by atoms with Crippen LogP contribution in [0.2, 0.25) is 0 Å². The first-order valence-electron chi connectivity index (χ1n) is 4.48. The first-order valence-corrected chi connectivity index (χ1v) is 5.46. The Bertz CT molecular complexity index is 402. The summed E-state index contributed by atoms with van der Waals surface area (Å²) in [5, 5.41) is 9.06.